The van der Waals surface area contributed by atoms with Crippen LogP contribution in [0.3, 0.4) is 0 Å². The standard InChI is InChI=1S/C17H27FN4O2S.HI/c1-13-10-15(4-5-16(13)18)12-21-17(19-2)20-11-14-6-8-22(9-7-14)25(3,23)24;/h4-5,10,14H,6-9,11-12H2,1-3H3,(H2,19,20,21);1H. The Morgan fingerprint density at radius 3 is 2.50 bits per heavy atom. The van der Waals surface area contributed by atoms with Gasteiger partial charge in [-0.25, -0.2) is 17.1 Å². The van der Waals surface area contributed by atoms with E-state index in [1.165, 1.54) is 16.6 Å². The van der Waals surface area contributed by atoms with Crippen LogP contribution in [0, 0.1) is 18.7 Å². The maximum atomic E-state index is 13.3. The van der Waals surface area contributed by atoms with Gasteiger partial charge in [0.05, 0.1) is 6.26 Å². The van der Waals surface area contributed by atoms with Crippen molar-refractivity contribution in [2.45, 2.75) is 26.3 Å². The molecule has 0 unspecified atom stereocenters. The van der Waals surface area contributed by atoms with Crippen LogP contribution in [0.5, 0.6) is 0 Å². The van der Waals surface area contributed by atoms with Crippen molar-refractivity contribution in [3.05, 3.63) is 35.1 Å². The molecule has 0 amide bonds. The van der Waals surface area contributed by atoms with E-state index in [-0.39, 0.29) is 29.8 Å². The maximum absolute atomic E-state index is 13.3. The molecular weight excluding hydrogens is 470 g/mol. The summed E-state index contributed by atoms with van der Waals surface area (Å²) in [6, 6.07) is 5.04. The largest absolute Gasteiger partial charge is 0.356 e. The Kier molecular flexibility index (Phi) is 9.25. The van der Waals surface area contributed by atoms with Crippen LogP contribution in [-0.4, -0.2) is 51.6 Å². The molecule has 1 fully saturated rings. The third kappa shape index (κ3) is 6.99. The number of hydrogen-bond acceptors (Lipinski definition) is 3. The van der Waals surface area contributed by atoms with Crippen molar-refractivity contribution in [1.82, 2.24) is 14.9 Å². The second-order valence-electron chi connectivity index (χ2n) is 6.50. The lowest BCUT2D eigenvalue weighted by Crippen LogP contribution is -2.43. The van der Waals surface area contributed by atoms with Gasteiger partial charge in [-0.05, 0) is 42.9 Å². The Labute approximate surface area is 172 Å². The van der Waals surface area contributed by atoms with E-state index in [1.54, 1.807) is 20.0 Å². The number of nitrogens with one attached hydrogen (secondary N) is 2. The van der Waals surface area contributed by atoms with Crippen molar-refractivity contribution in [2.24, 2.45) is 10.9 Å². The lowest BCUT2D eigenvalue weighted by molar-refractivity contribution is 0.275. The minimum absolute atomic E-state index is 0. The van der Waals surface area contributed by atoms with Gasteiger partial charge in [0.15, 0.2) is 5.96 Å². The van der Waals surface area contributed by atoms with Crippen LogP contribution >= 0.6 is 24.0 Å². The van der Waals surface area contributed by atoms with E-state index in [0.717, 1.165) is 24.9 Å². The summed E-state index contributed by atoms with van der Waals surface area (Å²) in [6.45, 7) is 4.21. The van der Waals surface area contributed by atoms with Gasteiger partial charge in [-0.3, -0.25) is 4.99 Å². The first-order valence-corrected chi connectivity index (χ1v) is 10.3. The SMILES string of the molecule is CN=C(NCc1ccc(F)c(C)c1)NCC1CCN(S(C)(=O)=O)CC1.I. The predicted octanol–water partition coefficient (Wildman–Crippen LogP) is 2.09. The molecule has 0 atom stereocenters. The summed E-state index contributed by atoms with van der Waals surface area (Å²) >= 11 is 0. The normalized spacial score (nSPS) is 16.8. The zero-order chi connectivity index (χ0) is 18.4. The van der Waals surface area contributed by atoms with Crippen molar-refractivity contribution in [2.75, 3.05) is 32.9 Å². The van der Waals surface area contributed by atoms with Gasteiger partial charge >= 0.3 is 0 Å². The van der Waals surface area contributed by atoms with E-state index < -0.39 is 10.0 Å². The molecule has 2 rings (SSSR count). The van der Waals surface area contributed by atoms with Crippen LogP contribution < -0.4 is 10.6 Å². The highest BCUT2D eigenvalue weighted by molar-refractivity contribution is 14.0. The molecule has 0 bridgehead atoms. The van der Waals surface area contributed by atoms with Crippen molar-refractivity contribution >= 4 is 40.0 Å². The number of hydrogen-bond donors (Lipinski definition) is 2. The molecule has 26 heavy (non-hydrogen) atoms. The molecule has 0 saturated carbocycles. The number of guanidine groups is 1. The molecule has 9 heteroatoms. The van der Waals surface area contributed by atoms with Crippen LogP contribution in [0.2, 0.25) is 0 Å². The summed E-state index contributed by atoms with van der Waals surface area (Å²) in [5.41, 5.74) is 1.61. The Morgan fingerprint density at radius 1 is 1.31 bits per heavy atom. The van der Waals surface area contributed by atoms with Crippen LogP contribution in [0.4, 0.5) is 4.39 Å². The molecule has 1 aliphatic heterocycles. The average Bonchev–Trinajstić information content (AvgIpc) is 2.57. The average molecular weight is 498 g/mol. The molecule has 0 aromatic heterocycles. The van der Waals surface area contributed by atoms with Crippen LogP contribution in [0.15, 0.2) is 23.2 Å². The van der Waals surface area contributed by atoms with Gasteiger partial charge in [0.2, 0.25) is 10.0 Å². The zero-order valence-electron chi connectivity index (χ0n) is 15.5. The molecule has 2 N–H and O–H groups in total. The number of halogens is 2. The van der Waals surface area contributed by atoms with Gasteiger partial charge in [-0.1, -0.05) is 12.1 Å². The van der Waals surface area contributed by atoms with Crippen LogP contribution in [0.25, 0.3) is 0 Å². The molecule has 1 heterocycles. The molecule has 148 valence electrons. The van der Waals surface area contributed by atoms with Gasteiger partial charge in [-0.2, -0.15) is 0 Å². The highest BCUT2D eigenvalue weighted by Crippen LogP contribution is 2.18. The Balaban J connectivity index is 0.00000338. The molecule has 6 nitrogen and oxygen atoms in total. The van der Waals surface area contributed by atoms with Crippen molar-refractivity contribution in [3.63, 3.8) is 0 Å². The lowest BCUT2D eigenvalue weighted by atomic mass is 9.98. The second-order valence-corrected chi connectivity index (χ2v) is 8.48. The van der Waals surface area contributed by atoms with Crippen molar-refractivity contribution < 1.29 is 12.8 Å². The van der Waals surface area contributed by atoms with E-state index in [0.29, 0.717) is 37.1 Å². The third-order valence-corrected chi connectivity index (χ3v) is 5.81. The van der Waals surface area contributed by atoms with Crippen LogP contribution in [0.1, 0.15) is 24.0 Å². The molecule has 0 radical (unpaired) electrons. The molecule has 0 aliphatic carbocycles. The number of rotatable bonds is 5. The monoisotopic (exact) mass is 498 g/mol. The van der Waals surface area contributed by atoms with Gasteiger partial charge in [0.25, 0.3) is 0 Å². The Morgan fingerprint density at radius 2 is 1.96 bits per heavy atom. The number of benzene rings is 1. The number of nitrogens with zero attached hydrogens (tertiary/aromatic N) is 2. The predicted molar refractivity (Wildman–Crippen MR) is 114 cm³/mol. The summed E-state index contributed by atoms with van der Waals surface area (Å²) in [5, 5.41) is 6.50. The number of aryl methyl sites for hydroxylation is 1. The quantitative estimate of drug-likeness (QED) is 0.371. The highest BCUT2D eigenvalue weighted by Gasteiger charge is 2.24. The maximum Gasteiger partial charge on any atom is 0.211 e. The molecule has 1 saturated heterocycles. The summed E-state index contributed by atoms with van der Waals surface area (Å²) in [5.74, 6) is 0.906. The van der Waals surface area contributed by atoms with Gasteiger partial charge < -0.3 is 10.6 Å². The summed E-state index contributed by atoms with van der Waals surface area (Å²) in [7, 11) is -1.38. The lowest BCUT2D eigenvalue weighted by Gasteiger charge is -2.30. The molecule has 0 spiro atoms. The number of sulfonamides is 1. The van der Waals surface area contributed by atoms with Crippen molar-refractivity contribution in [1.29, 1.82) is 0 Å². The zero-order valence-corrected chi connectivity index (χ0v) is 18.6. The minimum atomic E-state index is -3.08. The van der Waals surface area contributed by atoms with E-state index in [4.69, 9.17) is 0 Å². The van der Waals surface area contributed by atoms with Crippen molar-refractivity contribution in [3.8, 4) is 0 Å². The minimum Gasteiger partial charge on any atom is -0.356 e. The fourth-order valence-electron chi connectivity index (χ4n) is 2.91. The fraction of sp³-hybridized carbons (Fsp3) is 0.588. The summed E-state index contributed by atoms with van der Waals surface area (Å²) in [4.78, 5) is 4.20. The molecule has 1 aliphatic rings. The van der Waals surface area contributed by atoms with Gasteiger partial charge in [-0.15, -0.1) is 24.0 Å². The Bertz CT molecular complexity index is 719. The molecular formula is C17H28FIN4O2S. The van der Waals surface area contributed by atoms with E-state index in [1.807, 2.05) is 6.07 Å². The first kappa shape index (κ1) is 23.1. The first-order valence-electron chi connectivity index (χ1n) is 8.44. The highest BCUT2D eigenvalue weighted by atomic mass is 127. The molecule has 1 aromatic carbocycles. The first-order chi connectivity index (χ1) is 11.8. The van der Waals surface area contributed by atoms with Gasteiger partial charge in [0.1, 0.15) is 5.82 Å². The van der Waals surface area contributed by atoms with E-state index in [2.05, 4.69) is 15.6 Å². The third-order valence-electron chi connectivity index (χ3n) is 4.51. The Hall–Kier alpha value is -0.940. The van der Waals surface area contributed by atoms with Crippen LogP contribution in [-0.2, 0) is 16.6 Å². The fourth-order valence-corrected chi connectivity index (χ4v) is 3.78. The van der Waals surface area contributed by atoms with Gasteiger partial charge in [0, 0.05) is 33.2 Å². The summed E-state index contributed by atoms with van der Waals surface area (Å²) in [6.07, 6.45) is 2.94. The molecule has 1 aromatic rings. The number of piperidine rings is 1. The van der Waals surface area contributed by atoms with E-state index in [9.17, 15) is 12.8 Å². The second kappa shape index (κ2) is 10.4. The summed E-state index contributed by atoms with van der Waals surface area (Å²) < 4.78 is 37.9. The topological polar surface area (TPSA) is 73.8 Å². The number of aliphatic imine (C=N–C) groups is 1. The van der Waals surface area contributed by atoms with E-state index >= 15 is 0 Å². The smallest absolute Gasteiger partial charge is 0.211 e.